The Morgan fingerprint density at radius 1 is 1.09 bits per heavy atom. The van der Waals surface area contributed by atoms with Gasteiger partial charge in [-0.1, -0.05) is 18.2 Å². The molecule has 0 radical (unpaired) electrons. The number of aromatic nitrogens is 2. The summed E-state index contributed by atoms with van der Waals surface area (Å²) in [5.41, 5.74) is 9.27. The van der Waals surface area contributed by atoms with Crippen LogP contribution in [0.3, 0.4) is 0 Å². The van der Waals surface area contributed by atoms with Crippen molar-refractivity contribution >= 4 is 5.82 Å². The Morgan fingerprint density at radius 2 is 1.87 bits per heavy atom. The van der Waals surface area contributed by atoms with Gasteiger partial charge in [-0.05, 0) is 35.9 Å². The van der Waals surface area contributed by atoms with Crippen LogP contribution < -0.4 is 10.5 Å². The fourth-order valence-electron chi connectivity index (χ4n) is 2.33. The smallest absolute Gasteiger partial charge is 0.142 e. The van der Waals surface area contributed by atoms with Crippen LogP contribution in [0.4, 0.5) is 5.82 Å². The molecule has 0 fully saturated rings. The molecule has 112 valence electrons. The molecular weight excluding hydrogens is 288 g/mol. The maximum absolute atomic E-state index is 9.41. The lowest BCUT2D eigenvalue weighted by Gasteiger charge is -2.10. The number of pyridine rings is 2. The minimum atomic E-state index is 0.196. The third-order valence-corrected chi connectivity index (χ3v) is 3.49. The second kappa shape index (κ2) is 6.16. The van der Waals surface area contributed by atoms with E-state index in [2.05, 4.69) is 16.0 Å². The van der Waals surface area contributed by atoms with E-state index in [1.807, 2.05) is 48.5 Å². The van der Waals surface area contributed by atoms with Crippen molar-refractivity contribution in [3.8, 4) is 34.3 Å². The lowest BCUT2D eigenvalue weighted by Crippen LogP contribution is -2.00. The predicted octanol–water partition coefficient (Wildman–Crippen LogP) is 3.27. The number of nitriles is 1. The summed E-state index contributed by atoms with van der Waals surface area (Å²) in [6, 6.07) is 17.0. The van der Waals surface area contributed by atoms with Crippen molar-refractivity contribution in [1.29, 1.82) is 5.26 Å². The van der Waals surface area contributed by atoms with Gasteiger partial charge in [-0.2, -0.15) is 5.26 Å². The van der Waals surface area contributed by atoms with E-state index in [0.29, 0.717) is 17.0 Å². The summed E-state index contributed by atoms with van der Waals surface area (Å²) < 4.78 is 5.17. The van der Waals surface area contributed by atoms with Crippen LogP contribution in [0.15, 0.2) is 54.7 Å². The average Bonchev–Trinajstić information content (AvgIpc) is 2.62. The van der Waals surface area contributed by atoms with Crippen LogP contribution in [0, 0.1) is 11.3 Å². The van der Waals surface area contributed by atoms with Crippen LogP contribution >= 0.6 is 0 Å². The first-order chi connectivity index (χ1) is 11.2. The number of nitrogens with zero attached hydrogens (tertiary/aromatic N) is 3. The first kappa shape index (κ1) is 14.5. The highest BCUT2D eigenvalue weighted by Gasteiger charge is 2.13. The molecule has 2 N–H and O–H groups in total. The molecule has 0 amide bonds. The molecule has 0 aliphatic rings. The molecule has 0 unspecified atom stereocenters. The molecule has 3 rings (SSSR count). The summed E-state index contributed by atoms with van der Waals surface area (Å²) in [4.78, 5) is 8.59. The molecule has 0 saturated heterocycles. The van der Waals surface area contributed by atoms with Gasteiger partial charge in [-0.25, -0.2) is 4.98 Å². The van der Waals surface area contributed by atoms with E-state index in [9.17, 15) is 5.26 Å². The zero-order chi connectivity index (χ0) is 16.2. The van der Waals surface area contributed by atoms with Crippen molar-refractivity contribution < 1.29 is 4.74 Å². The van der Waals surface area contributed by atoms with E-state index in [0.717, 1.165) is 16.9 Å². The third kappa shape index (κ3) is 2.83. The number of hydrogen-bond donors (Lipinski definition) is 1. The second-order valence-electron chi connectivity index (χ2n) is 4.87. The number of rotatable bonds is 3. The maximum Gasteiger partial charge on any atom is 0.142 e. The zero-order valence-electron chi connectivity index (χ0n) is 12.5. The van der Waals surface area contributed by atoms with E-state index < -0.39 is 0 Å². The molecule has 0 aliphatic carbocycles. The van der Waals surface area contributed by atoms with Crippen LogP contribution in [0.1, 0.15) is 5.56 Å². The molecule has 5 nitrogen and oxygen atoms in total. The maximum atomic E-state index is 9.41. The Morgan fingerprint density at radius 3 is 2.48 bits per heavy atom. The molecule has 0 atom stereocenters. The topological polar surface area (TPSA) is 84.8 Å². The number of benzene rings is 1. The lowest BCUT2D eigenvalue weighted by molar-refractivity contribution is 0.415. The Kier molecular flexibility index (Phi) is 3.89. The van der Waals surface area contributed by atoms with Gasteiger partial charge in [-0.3, -0.25) is 4.98 Å². The number of nitrogen functional groups attached to an aromatic ring is 1. The van der Waals surface area contributed by atoms with Crippen LogP contribution in [-0.4, -0.2) is 17.1 Å². The minimum absolute atomic E-state index is 0.196. The van der Waals surface area contributed by atoms with E-state index >= 15 is 0 Å². The highest BCUT2D eigenvalue weighted by Crippen LogP contribution is 2.31. The van der Waals surface area contributed by atoms with Gasteiger partial charge in [0.05, 0.1) is 18.5 Å². The zero-order valence-corrected chi connectivity index (χ0v) is 12.5. The van der Waals surface area contributed by atoms with Crippen molar-refractivity contribution in [3.63, 3.8) is 0 Å². The van der Waals surface area contributed by atoms with Crippen LogP contribution in [0.2, 0.25) is 0 Å². The monoisotopic (exact) mass is 302 g/mol. The van der Waals surface area contributed by atoms with E-state index in [1.165, 1.54) is 0 Å². The highest BCUT2D eigenvalue weighted by atomic mass is 16.5. The fourth-order valence-corrected chi connectivity index (χ4v) is 2.33. The lowest BCUT2D eigenvalue weighted by atomic mass is 9.99. The van der Waals surface area contributed by atoms with Crippen molar-refractivity contribution in [3.05, 3.63) is 60.3 Å². The number of ether oxygens (including phenoxy) is 1. The van der Waals surface area contributed by atoms with Crippen LogP contribution in [-0.2, 0) is 0 Å². The van der Waals surface area contributed by atoms with Gasteiger partial charge in [0, 0.05) is 11.8 Å². The summed E-state index contributed by atoms with van der Waals surface area (Å²) in [6.07, 6.45) is 1.69. The first-order valence-corrected chi connectivity index (χ1v) is 6.99. The summed E-state index contributed by atoms with van der Waals surface area (Å²) in [7, 11) is 1.61. The van der Waals surface area contributed by atoms with Crippen molar-refractivity contribution in [1.82, 2.24) is 9.97 Å². The number of methoxy groups -OCH3 is 1. The predicted molar refractivity (Wildman–Crippen MR) is 88.6 cm³/mol. The van der Waals surface area contributed by atoms with Gasteiger partial charge in [0.1, 0.15) is 23.2 Å². The largest absolute Gasteiger partial charge is 0.497 e. The van der Waals surface area contributed by atoms with Gasteiger partial charge in [0.15, 0.2) is 0 Å². The Labute approximate surface area is 134 Å². The van der Waals surface area contributed by atoms with E-state index in [1.54, 1.807) is 13.3 Å². The molecule has 5 heteroatoms. The first-order valence-electron chi connectivity index (χ1n) is 6.99. The Bertz CT molecular complexity index is 868. The molecule has 0 saturated carbocycles. The second-order valence-corrected chi connectivity index (χ2v) is 4.87. The van der Waals surface area contributed by atoms with Gasteiger partial charge in [0.2, 0.25) is 0 Å². The number of hydrogen-bond acceptors (Lipinski definition) is 5. The van der Waals surface area contributed by atoms with Crippen LogP contribution in [0.5, 0.6) is 5.75 Å². The highest BCUT2D eigenvalue weighted by molar-refractivity contribution is 5.79. The number of nitrogens with two attached hydrogens (primary N) is 1. The average molecular weight is 302 g/mol. The minimum Gasteiger partial charge on any atom is -0.497 e. The van der Waals surface area contributed by atoms with E-state index in [-0.39, 0.29) is 5.82 Å². The molecule has 1 aromatic carbocycles. The summed E-state index contributed by atoms with van der Waals surface area (Å²) in [5.74, 6) is 0.945. The standard InChI is InChI=1S/C18H14N4O/c1-23-13-7-5-12(6-8-13)14-10-17(16-4-2-3-9-21-16)22-18(20)15(14)11-19/h2-10H,1H3,(H2,20,22). The Balaban J connectivity index is 2.18. The molecule has 0 aliphatic heterocycles. The van der Waals surface area contributed by atoms with E-state index in [4.69, 9.17) is 10.5 Å². The molecule has 0 bridgehead atoms. The molecule has 0 spiro atoms. The molecule has 3 aromatic rings. The van der Waals surface area contributed by atoms with Crippen molar-refractivity contribution in [2.75, 3.05) is 12.8 Å². The number of anilines is 1. The van der Waals surface area contributed by atoms with Gasteiger partial charge < -0.3 is 10.5 Å². The van der Waals surface area contributed by atoms with Crippen LogP contribution in [0.25, 0.3) is 22.5 Å². The van der Waals surface area contributed by atoms with Crippen molar-refractivity contribution in [2.24, 2.45) is 0 Å². The summed E-state index contributed by atoms with van der Waals surface area (Å²) >= 11 is 0. The summed E-state index contributed by atoms with van der Waals surface area (Å²) in [5, 5.41) is 9.41. The van der Waals surface area contributed by atoms with Crippen molar-refractivity contribution in [2.45, 2.75) is 0 Å². The molecule has 2 heterocycles. The Hall–Kier alpha value is -3.39. The molecular formula is C18H14N4O. The normalized spacial score (nSPS) is 10.1. The van der Waals surface area contributed by atoms with Gasteiger partial charge >= 0.3 is 0 Å². The van der Waals surface area contributed by atoms with Gasteiger partial charge in [0.25, 0.3) is 0 Å². The van der Waals surface area contributed by atoms with Gasteiger partial charge in [-0.15, -0.1) is 0 Å². The quantitative estimate of drug-likeness (QED) is 0.802. The fraction of sp³-hybridized carbons (Fsp3) is 0.0556. The SMILES string of the molecule is COc1ccc(-c2cc(-c3ccccn3)nc(N)c2C#N)cc1. The third-order valence-electron chi connectivity index (χ3n) is 3.49. The molecule has 23 heavy (non-hydrogen) atoms. The molecule has 2 aromatic heterocycles. The summed E-state index contributed by atoms with van der Waals surface area (Å²) in [6.45, 7) is 0.